The predicted octanol–water partition coefficient (Wildman–Crippen LogP) is 0.725. The van der Waals surface area contributed by atoms with Crippen LogP contribution in [0.4, 0.5) is 0 Å². The van der Waals surface area contributed by atoms with Crippen LogP contribution >= 0.6 is 0 Å². The van der Waals surface area contributed by atoms with Gasteiger partial charge in [-0.25, -0.2) is 0 Å². The maximum absolute atomic E-state index is 3.93. The van der Waals surface area contributed by atoms with Gasteiger partial charge in [0.2, 0.25) is 0 Å². The largest absolute Gasteiger partial charge is 0.365 e. The van der Waals surface area contributed by atoms with Crippen LogP contribution in [0.1, 0.15) is 6.42 Å². The zero-order valence-corrected chi connectivity index (χ0v) is 6.22. The summed E-state index contributed by atoms with van der Waals surface area (Å²) in [6.07, 6.45) is 1.33. The highest BCUT2D eigenvalue weighted by Gasteiger charge is 2.15. The smallest absolute Gasteiger partial charge is 0.0959 e. The molecule has 0 N–H and O–H groups in total. The molecule has 0 atom stereocenters. The highest BCUT2D eigenvalue weighted by atomic mass is 15.3. The van der Waals surface area contributed by atoms with E-state index in [0.717, 1.165) is 5.82 Å². The van der Waals surface area contributed by atoms with Crippen LogP contribution in [0.25, 0.3) is 0 Å². The van der Waals surface area contributed by atoms with Crippen molar-refractivity contribution in [2.24, 2.45) is 0 Å². The van der Waals surface area contributed by atoms with Gasteiger partial charge < -0.3 is 9.80 Å². The van der Waals surface area contributed by atoms with Crippen LogP contribution in [0, 0.1) is 0 Å². The van der Waals surface area contributed by atoms with E-state index in [9.17, 15) is 0 Å². The van der Waals surface area contributed by atoms with E-state index in [4.69, 9.17) is 0 Å². The average Bonchev–Trinajstić information content (AvgIpc) is 1.60. The highest BCUT2D eigenvalue weighted by Crippen LogP contribution is 2.13. The number of hydrogen-bond donors (Lipinski definition) is 0. The molecular formula is C7H14N2. The summed E-state index contributed by atoms with van der Waals surface area (Å²) in [5, 5.41) is 0. The van der Waals surface area contributed by atoms with Gasteiger partial charge in [-0.2, -0.15) is 0 Å². The van der Waals surface area contributed by atoms with E-state index in [-0.39, 0.29) is 0 Å². The molecule has 0 aromatic rings. The number of likely N-dealkylation sites (tertiary alicyclic amines) is 1. The van der Waals surface area contributed by atoms with E-state index < -0.39 is 0 Å². The van der Waals surface area contributed by atoms with E-state index in [1.807, 2.05) is 14.1 Å². The third-order valence-electron chi connectivity index (χ3n) is 1.74. The Morgan fingerprint density at radius 1 is 1.44 bits per heavy atom. The molecule has 0 saturated carbocycles. The molecule has 1 heterocycles. The minimum atomic E-state index is 1.14. The molecule has 2 nitrogen and oxygen atoms in total. The Hall–Kier alpha value is -0.660. The Bertz CT molecular complexity index is 114. The minimum absolute atomic E-state index is 1.14. The SMILES string of the molecule is C=C(N(C)C)N1CCC1. The zero-order valence-electron chi connectivity index (χ0n) is 6.22. The Morgan fingerprint density at radius 3 is 2.11 bits per heavy atom. The minimum Gasteiger partial charge on any atom is -0.365 e. The third-order valence-corrected chi connectivity index (χ3v) is 1.74. The van der Waals surface area contributed by atoms with Crippen molar-refractivity contribution in [3.8, 4) is 0 Å². The van der Waals surface area contributed by atoms with Crippen LogP contribution in [0.3, 0.4) is 0 Å². The van der Waals surface area contributed by atoms with Crippen molar-refractivity contribution in [2.45, 2.75) is 6.42 Å². The van der Waals surface area contributed by atoms with E-state index in [1.165, 1.54) is 19.5 Å². The molecule has 0 bridgehead atoms. The summed E-state index contributed by atoms with van der Waals surface area (Å²) >= 11 is 0. The second-order valence-electron chi connectivity index (χ2n) is 2.65. The highest BCUT2D eigenvalue weighted by molar-refractivity contribution is 4.94. The quantitative estimate of drug-likeness (QED) is 0.538. The fourth-order valence-corrected chi connectivity index (χ4v) is 0.857. The lowest BCUT2D eigenvalue weighted by Gasteiger charge is -2.37. The molecule has 0 unspecified atom stereocenters. The summed E-state index contributed by atoms with van der Waals surface area (Å²) in [4.78, 5) is 4.33. The van der Waals surface area contributed by atoms with Crippen molar-refractivity contribution in [2.75, 3.05) is 27.2 Å². The van der Waals surface area contributed by atoms with Crippen LogP contribution in [0.2, 0.25) is 0 Å². The van der Waals surface area contributed by atoms with Gasteiger partial charge in [-0.05, 0) is 6.42 Å². The molecule has 52 valence electrons. The van der Waals surface area contributed by atoms with E-state index in [2.05, 4.69) is 16.4 Å². The van der Waals surface area contributed by atoms with Crippen LogP contribution in [0.5, 0.6) is 0 Å². The fourth-order valence-electron chi connectivity index (χ4n) is 0.857. The second kappa shape index (κ2) is 2.29. The Labute approximate surface area is 56.8 Å². The first-order valence-electron chi connectivity index (χ1n) is 3.33. The van der Waals surface area contributed by atoms with Gasteiger partial charge in [-0.1, -0.05) is 6.58 Å². The van der Waals surface area contributed by atoms with Gasteiger partial charge in [0.05, 0.1) is 5.82 Å². The van der Waals surface area contributed by atoms with Crippen molar-refractivity contribution in [3.63, 3.8) is 0 Å². The van der Waals surface area contributed by atoms with Gasteiger partial charge in [0.25, 0.3) is 0 Å². The third kappa shape index (κ3) is 1.18. The molecule has 0 amide bonds. The molecule has 1 rings (SSSR count). The molecule has 0 spiro atoms. The number of rotatable bonds is 2. The number of hydrogen-bond acceptors (Lipinski definition) is 2. The van der Waals surface area contributed by atoms with Crippen LogP contribution < -0.4 is 0 Å². The summed E-state index contributed by atoms with van der Waals surface area (Å²) in [5.74, 6) is 1.14. The lowest BCUT2D eigenvalue weighted by atomic mass is 10.2. The topological polar surface area (TPSA) is 6.48 Å². The lowest BCUT2D eigenvalue weighted by molar-refractivity contribution is 0.182. The Morgan fingerprint density at radius 2 is 2.00 bits per heavy atom. The molecule has 0 aliphatic carbocycles. The maximum atomic E-state index is 3.93. The Balaban J connectivity index is 2.32. The molecule has 1 aliphatic rings. The van der Waals surface area contributed by atoms with Crippen molar-refractivity contribution < 1.29 is 0 Å². The van der Waals surface area contributed by atoms with E-state index in [0.29, 0.717) is 0 Å². The summed E-state index contributed by atoms with van der Waals surface area (Å²) < 4.78 is 0. The number of nitrogens with zero attached hydrogens (tertiary/aromatic N) is 2. The van der Waals surface area contributed by atoms with Gasteiger partial charge in [0.1, 0.15) is 0 Å². The summed E-state index contributed by atoms with van der Waals surface area (Å²) in [6, 6.07) is 0. The lowest BCUT2D eigenvalue weighted by Crippen LogP contribution is -2.40. The van der Waals surface area contributed by atoms with Gasteiger partial charge >= 0.3 is 0 Å². The van der Waals surface area contributed by atoms with Crippen molar-refractivity contribution in [1.82, 2.24) is 9.80 Å². The van der Waals surface area contributed by atoms with Crippen LogP contribution in [-0.2, 0) is 0 Å². The second-order valence-corrected chi connectivity index (χ2v) is 2.65. The molecule has 1 saturated heterocycles. The monoisotopic (exact) mass is 126 g/mol. The zero-order chi connectivity index (χ0) is 6.85. The van der Waals surface area contributed by atoms with Crippen molar-refractivity contribution in [1.29, 1.82) is 0 Å². The molecule has 9 heavy (non-hydrogen) atoms. The molecular weight excluding hydrogens is 112 g/mol. The molecule has 1 aliphatic heterocycles. The predicted molar refractivity (Wildman–Crippen MR) is 39.0 cm³/mol. The fraction of sp³-hybridized carbons (Fsp3) is 0.714. The maximum Gasteiger partial charge on any atom is 0.0959 e. The van der Waals surface area contributed by atoms with Crippen molar-refractivity contribution >= 4 is 0 Å². The summed E-state index contributed by atoms with van der Waals surface area (Å²) in [6.45, 7) is 6.31. The standard InChI is InChI=1S/C7H14N2/c1-7(8(2)3)9-5-4-6-9/h1,4-6H2,2-3H3. The van der Waals surface area contributed by atoms with Gasteiger partial charge in [0.15, 0.2) is 0 Å². The molecule has 1 fully saturated rings. The van der Waals surface area contributed by atoms with Crippen LogP contribution in [-0.4, -0.2) is 37.0 Å². The first-order chi connectivity index (χ1) is 4.22. The summed E-state index contributed by atoms with van der Waals surface area (Å²) in [7, 11) is 4.06. The van der Waals surface area contributed by atoms with E-state index in [1.54, 1.807) is 0 Å². The van der Waals surface area contributed by atoms with E-state index >= 15 is 0 Å². The van der Waals surface area contributed by atoms with Gasteiger partial charge in [-0.3, -0.25) is 0 Å². The normalized spacial score (nSPS) is 16.9. The van der Waals surface area contributed by atoms with Gasteiger partial charge in [0, 0.05) is 27.2 Å². The average molecular weight is 126 g/mol. The molecule has 0 aromatic heterocycles. The first kappa shape index (κ1) is 6.46. The van der Waals surface area contributed by atoms with Crippen molar-refractivity contribution in [3.05, 3.63) is 12.4 Å². The van der Waals surface area contributed by atoms with Crippen LogP contribution in [0.15, 0.2) is 12.4 Å². The molecule has 2 heteroatoms. The molecule has 0 aromatic carbocycles. The summed E-state index contributed by atoms with van der Waals surface area (Å²) in [5.41, 5.74) is 0. The first-order valence-corrected chi connectivity index (χ1v) is 3.33. The molecule has 0 radical (unpaired) electrons. The Kier molecular flexibility index (Phi) is 1.65. The van der Waals surface area contributed by atoms with Gasteiger partial charge in [-0.15, -0.1) is 0 Å².